The van der Waals surface area contributed by atoms with E-state index in [0.717, 1.165) is 18.7 Å². The van der Waals surface area contributed by atoms with Gasteiger partial charge in [-0.2, -0.15) is 0 Å². The quantitative estimate of drug-likeness (QED) is 0.911. The summed E-state index contributed by atoms with van der Waals surface area (Å²) >= 11 is 0. The third kappa shape index (κ3) is 3.07. The smallest absolute Gasteiger partial charge is 0.0917 e. The van der Waals surface area contributed by atoms with Crippen LogP contribution in [0.25, 0.3) is 0 Å². The van der Waals surface area contributed by atoms with Crippen LogP contribution in [-0.2, 0) is 12.8 Å². The van der Waals surface area contributed by atoms with E-state index in [1.54, 1.807) is 0 Å². The van der Waals surface area contributed by atoms with Crippen LogP contribution in [0, 0.1) is 0 Å². The highest BCUT2D eigenvalue weighted by Gasteiger charge is 2.22. The van der Waals surface area contributed by atoms with Crippen molar-refractivity contribution in [3.05, 3.63) is 34.9 Å². The number of hydrogen-bond acceptors (Lipinski definition) is 2. The lowest BCUT2D eigenvalue weighted by molar-refractivity contribution is 0.0732. The lowest BCUT2D eigenvalue weighted by Gasteiger charge is -2.34. The molecule has 2 aliphatic rings. The summed E-state index contributed by atoms with van der Waals surface area (Å²) in [5, 5.41) is 10.6. The number of rotatable bonds is 3. The first kappa shape index (κ1) is 14.1. The molecular formula is C18H27NO. The Morgan fingerprint density at radius 2 is 1.95 bits per heavy atom. The molecule has 1 N–H and O–H groups in total. The molecule has 1 aliphatic carbocycles. The summed E-state index contributed by atoms with van der Waals surface area (Å²) in [5.74, 6) is 0. The van der Waals surface area contributed by atoms with Crippen LogP contribution in [0.4, 0.5) is 0 Å². The zero-order valence-corrected chi connectivity index (χ0v) is 12.6. The molecule has 0 bridgehead atoms. The highest BCUT2D eigenvalue weighted by Crippen LogP contribution is 2.26. The van der Waals surface area contributed by atoms with Gasteiger partial charge in [-0.25, -0.2) is 0 Å². The molecule has 1 aromatic carbocycles. The van der Waals surface area contributed by atoms with Gasteiger partial charge in [-0.15, -0.1) is 0 Å². The monoisotopic (exact) mass is 273 g/mol. The summed E-state index contributed by atoms with van der Waals surface area (Å²) in [4.78, 5) is 2.45. The topological polar surface area (TPSA) is 23.5 Å². The molecule has 0 spiro atoms. The van der Waals surface area contributed by atoms with Gasteiger partial charge in [-0.3, -0.25) is 4.90 Å². The molecule has 1 aliphatic heterocycles. The van der Waals surface area contributed by atoms with Gasteiger partial charge in [0.15, 0.2) is 0 Å². The van der Waals surface area contributed by atoms with Gasteiger partial charge in [-0.1, -0.05) is 24.6 Å². The number of hydrogen-bond donors (Lipinski definition) is 1. The Labute approximate surface area is 122 Å². The molecular weight excluding hydrogens is 246 g/mol. The van der Waals surface area contributed by atoms with Crippen molar-refractivity contribution >= 4 is 0 Å². The Morgan fingerprint density at radius 1 is 1.15 bits per heavy atom. The molecule has 3 rings (SSSR count). The summed E-state index contributed by atoms with van der Waals surface area (Å²) in [5.41, 5.74) is 4.08. The number of aliphatic hydroxyl groups excluding tert-OH is 1. The Balaban J connectivity index is 1.68. The third-order valence-corrected chi connectivity index (χ3v) is 5.11. The summed E-state index contributed by atoms with van der Waals surface area (Å²) in [6.07, 6.45) is 8.59. The first-order valence-corrected chi connectivity index (χ1v) is 8.28. The van der Waals surface area contributed by atoms with E-state index in [1.165, 1.54) is 56.1 Å². The number of nitrogens with zero attached hydrogens (tertiary/aromatic N) is 1. The number of aliphatic hydroxyl groups is 1. The first-order valence-electron chi connectivity index (χ1n) is 8.28. The minimum Gasteiger partial charge on any atom is -0.387 e. The first-order chi connectivity index (χ1) is 9.74. The third-order valence-electron chi connectivity index (χ3n) is 5.11. The van der Waals surface area contributed by atoms with Crippen molar-refractivity contribution in [1.82, 2.24) is 4.90 Å². The van der Waals surface area contributed by atoms with Crippen LogP contribution in [0.5, 0.6) is 0 Å². The molecule has 1 heterocycles. The van der Waals surface area contributed by atoms with Crippen LogP contribution in [0.15, 0.2) is 18.2 Å². The number of fused-ring (bicyclic) bond motifs is 1. The van der Waals surface area contributed by atoms with Crippen LogP contribution in [-0.4, -0.2) is 29.1 Å². The summed E-state index contributed by atoms with van der Waals surface area (Å²) in [6.45, 7) is 4.22. The highest BCUT2D eigenvalue weighted by atomic mass is 16.3. The Hall–Kier alpha value is -0.860. The van der Waals surface area contributed by atoms with E-state index >= 15 is 0 Å². The molecule has 1 fully saturated rings. The minimum absolute atomic E-state index is 0.331. The Bertz CT molecular complexity index is 457. The van der Waals surface area contributed by atoms with Crippen molar-refractivity contribution in [1.29, 1.82) is 0 Å². The van der Waals surface area contributed by atoms with E-state index in [0.29, 0.717) is 6.04 Å². The molecule has 2 atom stereocenters. The van der Waals surface area contributed by atoms with Crippen molar-refractivity contribution in [3.8, 4) is 0 Å². The standard InChI is InChI=1S/C18H27NO/c1-14-6-4-5-11-19(14)13-18(20)17-10-9-15-7-2-3-8-16(15)12-17/h9-10,12,14,18,20H,2-8,11,13H2,1H3. The number of aryl methyl sites for hydroxylation is 2. The van der Waals surface area contributed by atoms with Crippen LogP contribution in [0.1, 0.15) is 61.8 Å². The van der Waals surface area contributed by atoms with E-state index < -0.39 is 0 Å². The summed E-state index contributed by atoms with van der Waals surface area (Å²) < 4.78 is 0. The molecule has 20 heavy (non-hydrogen) atoms. The lowest BCUT2D eigenvalue weighted by Crippen LogP contribution is -2.40. The SMILES string of the molecule is CC1CCCCN1CC(O)c1ccc2c(c1)CCCC2. The van der Waals surface area contributed by atoms with Crippen molar-refractivity contribution in [3.63, 3.8) is 0 Å². The van der Waals surface area contributed by atoms with E-state index in [-0.39, 0.29) is 6.10 Å². The lowest BCUT2D eigenvalue weighted by atomic mass is 9.89. The normalized spacial score (nSPS) is 25.2. The van der Waals surface area contributed by atoms with Gasteiger partial charge >= 0.3 is 0 Å². The van der Waals surface area contributed by atoms with Crippen LogP contribution < -0.4 is 0 Å². The fraction of sp³-hybridized carbons (Fsp3) is 0.667. The molecule has 0 aromatic heterocycles. The van der Waals surface area contributed by atoms with E-state index in [4.69, 9.17) is 0 Å². The largest absolute Gasteiger partial charge is 0.387 e. The van der Waals surface area contributed by atoms with Crippen molar-refractivity contribution in [2.75, 3.05) is 13.1 Å². The second-order valence-electron chi connectivity index (χ2n) is 6.59. The van der Waals surface area contributed by atoms with Crippen LogP contribution in [0.2, 0.25) is 0 Å². The fourth-order valence-corrected chi connectivity index (χ4v) is 3.72. The Kier molecular flexibility index (Phi) is 4.42. The zero-order chi connectivity index (χ0) is 13.9. The van der Waals surface area contributed by atoms with Gasteiger partial charge in [0.25, 0.3) is 0 Å². The molecule has 2 unspecified atom stereocenters. The molecule has 0 saturated carbocycles. The van der Waals surface area contributed by atoms with Gasteiger partial charge in [0.2, 0.25) is 0 Å². The highest BCUT2D eigenvalue weighted by molar-refractivity contribution is 5.34. The molecule has 1 saturated heterocycles. The zero-order valence-electron chi connectivity index (χ0n) is 12.6. The second kappa shape index (κ2) is 6.28. The maximum absolute atomic E-state index is 10.6. The Morgan fingerprint density at radius 3 is 2.75 bits per heavy atom. The van der Waals surface area contributed by atoms with Crippen molar-refractivity contribution < 1.29 is 5.11 Å². The van der Waals surface area contributed by atoms with Crippen LogP contribution >= 0.6 is 0 Å². The van der Waals surface area contributed by atoms with E-state index in [1.807, 2.05) is 0 Å². The molecule has 0 amide bonds. The molecule has 110 valence electrons. The van der Waals surface area contributed by atoms with Gasteiger partial charge in [0.1, 0.15) is 0 Å². The number of benzene rings is 1. The second-order valence-corrected chi connectivity index (χ2v) is 6.59. The van der Waals surface area contributed by atoms with Gasteiger partial charge in [0, 0.05) is 12.6 Å². The van der Waals surface area contributed by atoms with Gasteiger partial charge < -0.3 is 5.11 Å². The number of β-amino-alcohol motifs (C(OH)–C–C–N with tert-alkyl or cyclic N) is 1. The number of piperidine rings is 1. The molecule has 1 aromatic rings. The predicted molar refractivity (Wildman–Crippen MR) is 82.9 cm³/mol. The van der Waals surface area contributed by atoms with Gasteiger partial charge in [0.05, 0.1) is 6.10 Å². The van der Waals surface area contributed by atoms with Crippen molar-refractivity contribution in [2.24, 2.45) is 0 Å². The maximum Gasteiger partial charge on any atom is 0.0917 e. The van der Waals surface area contributed by atoms with E-state index in [9.17, 15) is 5.11 Å². The predicted octanol–water partition coefficient (Wildman–Crippen LogP) is 3.47. The average Bonchev–Trinajstić information content (AvgIpc) is 2.49. The van der Waals surface area contributed by atoms with Gasteiger partial charge in [-0.05, 0) is 68.7 Å². The summed E-state index contributed by atoms with van der Waals surface area (Å²) in [7, 11) is 0. The molecule has 2 nitrogen and oxygen atoms in total. The van der Waals surface area contributed by atoms with Crippen molar-refractivity contribution in [2.45, 2.75) is 64.0 Å². The van der Waals surface area contributed by atoms with E-state index in [2.05, 4.69) is 30.0 Å². The summed E-state index contributed by atoms with van der Waals surface area (Å²) in [6, 6.07) is 7.26. The number of likely N-dealkylation sites (tertiary alicyclic amines) is 1. The maximum atomic E-state index is 10.6. The molecule has 2 heteroatoms. The fourth-order valence-electron chi connectivity index (χ4n) is 3.72. The van der Waals surface area contributed by atoms with Crippen LogP contribution in [0.3, 0.4) is 0 Å². The average molecular weight is 273 g/mol. The minimum atomic E-state index is -0.331. The molecule has 0 radical (unpaired) electrons.